The van der Waals surface area contributed by atoms with Crippen molar-refractivity contribution >= 4 is 27.5 Å². The maximum atomic E-state index is 13.1. The molecule has 0 aromatic heterocycles. The first-order valence-corrected chi connectivity index (χ1v) is 12.2. The molecule has 2 aliphatic rings. The zero-order valence-electron chi connectivity index (χ0n) is 18.3. The van der Waals surface area contributed by atoms with Gasteiger partial charge in [-0.2, -0.15) is 4.31 Å². The number of nitrogens with zero attached hydrogens (tertiary/aromatic N) is 3. The number of hydrogen-bond acceptors (Lipinski definition) is 6. The quantitative estimate of drug-likeness (QED) is 0.700. The monoisotopic (exact) mass is 452 g/mol. The Balaban J connectivity index is 1.69. The summed E-state index contributed by atoms with van der Waals surface area (Å²) in [6.07, 6.45) is 3.79. The summed E-state index contributed by atoms with van der Waals surface area (Å²) >= 11 is 0. The van der Waals surface area contributed by atoms with E-state index in [9.17, 15) is 18.0 Å². The molecule has 0 aliphatic carbocycles. The van der Waals surface area contributed by atoms with Gasteiger partial charge in [-0.25, -0.2) is 8.42 Å². The average molecular weight is 453 g/mol. The van der Waals surface area contributed by atoms with Crippen LogP contribution in [0, 0.1) is 0 Å². The Labute approximate surface area is 184 Å². The Morgan fingerprint density at radius 3 is 2.23 bits per heavy atom. The van der Waals surface area contributed by atoms with E-state index < -0.39 is 10.0 Å². The van der Waals surface area contributed by atoms with Gasteiger partial charge in [0.25, 0.3) is 0 Å². The Kier molecular flexibility index (Phi) is 7.90. The molecular formula is C21H32N4O5S. The lowest BCUT2D eigenvalue weighted by Crippen LogP contribution is -2.49. The lowest BCUT2D eigenvalue weighted by atomic mass is 10.2. The number of benzene rings is 1. The number of rotatable bonds is 6. The first-order valence-electron chi connectivity index (χ1n) is 10.8. The molecule has 1 aromatic rings. The molecule has 0 atom stereocenters. The Morgan fingerprint density at radius 2 is 1.65 bits per heavy atom. The van der Waals surface area contributed by atoms with E-state index in [1.54, 1.807) is 17.9 Å². The van der Waals surface area contributed by atoms with Gasteiger partial charge in [-0.15, -0.1) is 0 Å². The van der Waals surface area contributed by atoms with E-state index in [-0.39, 0.29) is 23.3 Å². The molecule has 3 rings (SSSR count). The fourth-order valence-corrected chi connectivity index (χ4v) is 5.53. The minimum absolute atomic E-state index is 0.0382. The number of anilines is 1. The molecule has 10 heteroatoms. The predicted molar refractivity (Wildman–Crippen MR) is 118 cm³/mol. The summed E-state index contributed by atoms with van der Waals surface area (Å²) in [5.74, 6) is 0.194. The summed E-state index contributed by atoms with van der Waals surface area (Å²) < 4.78 is 33.1. The summed E-state index contributed by atoms with van der Waals surface area (Å²) in [5, 5.41) is 2.80. The second-order valence-corrected chi connectivity index (χ2v) is 9.95. The third kappa shape index (κ3) is 5.96. The maximum Gasteiger partial charge on any atom is 0.243 e. The van der Waals surface area contributed by atoms with E-state index in [1.807, 2.05) is 4.90 Å². The molecule has 172 valence electrons. The van der Waals surface area contributed by atoms with Crippen LogP contribution in [0.15, 0.2) is 23.1 Å². The van der Waals surface area contributed by atoms with Gasteiger partial charge in [-0.1, -0.05) is 12.8 Å². The summed E-state index contributed by atoms with van der Waals surface area (Å²) in [6, 6.07) is 4.58. The molecule has 2 aliphatic heterocycles. The molecular weight excluding hydrogens is 420 g/mol. The third-order valence-electron chi connectivity index (χ3n) is 5.83. The van der Waals surface area contributed by atoms with Crippen molar-refractivity contribution in [3.8, 4) is 5.75 Å². The second-order valence-electron chi connectivity index (χ2n) is 8.01. The zero-order chi connectivity index (χ0) is 22.4. The topological polar surface area (TPSA) is 99.3 Å². The summed E-state index contributed by atoms with van der Waals surface area (Å²) in [7, 11) is -2.15. The summed E-state index contributed by atoms with van der Waals surface area (Å²) in [6.45, 7) is 5.16. The third-order valence-corrected chi connectivity index (χ3v) is 7.73. The highest BCUT2D eigenvalue weighted by Crippen LogP contribution is 2.30. The SMILES string of the molecule is COc1ccc(S(=O)(=O)N2CCCCCC2)cc1NC(=O)CN1CCN(C(C)=O)CC1. The van der Waals surface area contributed by atoms with Crippen LogP contribution in [0.1, 0.15) is 32.6 Å². The van der Waals surface area contributed by atoms with E-state index >= 15 is 0 Å². The van der Waals surface area contributed by atoms with Crippen molar-refractivity contribution in [2.45, 2.75) is 37.5 Å². The largest absolute Gasteiger partial charge is 0.495 e. The minimum atomic E-state index is -3.63. The Morgan fingerprint density at radius 1 is 1.00 bits per heavy atom. The number of nitrogens with one attached hydrogen (secondary N) is 1. The Hall–Kier alpha value is -2.17. The van der Waals surface area contributed by atoms with Gasteiger partial charge >= 0.3 is 0 Å². The van der Waals surface area contributed by atoms with E-state index in [0.29, 0.717) is 50.7 Å². The van der Waals surface area contributed by atoms with Crippen molar-refractivity contribution in [3.63, 3.8) is 0 Å². The molecule has 1 N–H and O–H groups in total. The van der Waals surface area contributed by atoms with Crippen molar-refractivity contribution in [2.75, 3.05) is 58.2 Å². The standard InChI is InChI=1S/C21H32N4O5S/c1-17(26)24-13-11-23(12-14-24)16-21(27)22-19-15-18(7-8-20(19)30-2)31(28,29)25-9-5-3-4-6-10-25/h7-8,15H,3-6,9-14,16H2,1-2H3,(H,22,27). The van der Waals surface area contributed by atoms with Gasteiger partial charge in [0, 0.05) is 46.2 Å². The van der Waals surface area contributed by atoms with Crippen LogP contribution in [0.3, 0.4) is 0 Å². The van der Waals surface area contributed by atoms with Crippen LogP contribution in [0.4, 0.5) is 5.69 Å². The van der Waals surface area contributed by atoms with Crippen molar-refractivity contribution in [1.82, 2.24) is 14.1 Å². The highest BCUT2D eigenvalue weighted by atomic mass is 32.2. The number of carbonyl (C=O) groups is 2. The van der Waals surface area contributed by atoms with Crippen LogP contribution in [0.25, 0.3) is 0 Å². The maximum absolute atomic E-state index is 13.1. The number of methoxy groups -OCH3 is 1. The minimum Gasteiger partial charge on any atom is -0.495 e. The van der Waals surface area contributed by atoms with Gasteiger partial charge in [0.2, 0.25) is 21.8 Å². The molecule has 0 radical (unpaired) electrons. The number of amides is 2. The molecule has 0 unspecified atom stereocenters. The average Bonchev–Trinajstić information content (AvgIpc) is 3.04. The molecule has 9 nitrogen and oxygen atoms in total. The second kappa shape index (κ2) is 10.4. The number of ether oxygens (including phenoxy) is 1. The molecule has 2 fully saturated rings. The number of piperazine rings is 1. The van der Waals surface area contributed by atoms with Crippen molar-refractivity contribution < 1.29 is 22.7 Å². The van der Waals surface area contributed by atoms with Crippen LogP contribution >= 0.6 is 0 Å². The van der Waals surface area contributed by atoms with Crippen molar-refractivity contribution in [3.05, 3.63) is 18.2 Å². The molecule has 0 bridgehead atoms. The molecule has 2 amide bonds. The van der Waals surface area contributed by atoms with E-state index in [4.69, 9.17) is 4.74 Å². The molecule has 1 aromatic carbocycles. The van der Waals surface area contributed by atoms with Gasteiger partial charge < -0.3 is 15.0 Å². The fourth-order valence-electron chi connectivity index (χ4n) is 3.99. The van der Waals surface area contributed by atoms with Gasteiger partial charge in [-0.3, -0.25) is 14.5 Å². The highest BCUT2D eigenvalue weighted by molar-refractivity contribution is 7.89. The molecule has 31 heavy (non-hydrogen) atoms. The Bertz CT molecular complexity index is 889. The lowest BCUT2D eigenvalue weighted by molar-refractivity contribution is -0.130. The normalized spacial score (nSPS) is 19.0. The van der Waals surface area contributed by atoms with E-state index in [1.165, 1.54) is 23.5 Å². The first kappa shape index (κ1) is 23.5. The van der Waals surface area contributed by atoms with Crippen molar-refractivity contribution in [2.24, 2.45) is 0 Å². The summed E-state index contributed by atoms with van der Waals surface area (Å²) in [4.78, 5) is 28.0. The van der Waals surface area contributed by atoms with Gasteiger partial charge in [0.1, 0.15) is 5.75 Å². The van der Waals surface area contributed by atoms with Crippen LogP contribution in [-0.4, -0.2) is 87.3 Å². The molecule has 0 saturated carbocycles. The van der Waals surface area contributed by atoms with Gasteiger partial charge in [-0.05, 0) is 31.0 Å². The lowest BCUT2D eigenvalue weighted by Gasteiger charge is -2.33. The molecule has 2 saturated heterocycles. The van der Waals surface area contributed by atoms with Crippen LogP contribution in [0.2, 0.25) is 0 Å². The zero-order valence-corrected chi connectivity index (χ0v) is 19.1. The van der Waals surface area contributed by atoms with Gasteiger partial charge in [0.05, 0.1) is 24.2 Å². The van der Waals surface area contributed by atoms with Crippen LogP contribution in [0.5, 0.6) is 5.75 Å². The van der Waals surface area contributed by atoms with Crippen molar-refractivity contribution in [1.29, 1.82) is 0 Å². The van der Waals surface area contributed by atoms with E-state index in [0.717, 1.165) is 25.7 Å². The van der Waals surface area contributed by atoms with Gasteiger partial charge in [0.15, 0.2) is 0 Å². The highest BCUT2D eigenvalue weighted by Gasteiger charge is 2.27. The number of carbonyl (C=O) groups excluding carboxylic acids is 2. The summed E-state index contributed by atoms with van der Waals surface area (Å²) in [5.41, 5.74) is 0.339. The van der Waals surface area contributed by atoms with E-state index in [2.05, 4.69) is 5.32 Å². The smallest absolute Gasteiger partial charge is 0.243 e. The molecule has 2 heterocycles. The van der Waals surface area contributed by atoms with Crippen LogP contribution in [-0.2, 0) is 19.6 Å². The van der Waals surface area contributed by atoms with Crippen LogP contribution < -0.4 is 10.1 Å². The predicted octanol–water partition coefficient (Wildman–Crippen LogP) is 1.36. The fraction of sp³-hybridized carbons (Fsp3) is 0.619. The number of sulfonamides is 1. The molecule has 0 spiro atoms. The first-order chi connectivity index (χ1) is 14.8. The number of hydrogen-bond donors (Lipinski definition) is 1.